The largest absolute Gasteiger partial charge is 0.458 e. The molecule has 33 heavy (non-hydrogen) atoms. The maximum atomic E-state index is 12.2. The van der Waals surface area contributed by atoms with Crippen molar-refractivity contribution in [1.29, 1.82) is 0 Å². The quantitative estimate of drug-likeness (QED) is 0.399. The molecule has 0 spiro atoms. The van der Waals surface area contributed by atoms with Crippen LogP contribution >= 0.6 is 0 Å². The van der Waals surface area contributed by atoms with E-state index in [-0.39, 0.29) is 23.5 Å². The Morgan fingerprint density at radius 2 is 1.88 bits per heavy atom. The summed E-state index contributed by atoms with van der Waals surface area (Å²) in [7, 11) is 0. The number of carbonyl (C=O) groups excluding carboxylic acids is 2. The van der Waals surface area contributed by atoms with Gasteiger partial charge in [-0.3, -0.25) is 9.59 Å². The molecule has 4 rings (SSSR count). The van der Waals surface area contributed by atoms with Crippen molar-refractivity contribution < 1.29 is 19.1 Å². The van der Waals surface area contributed by atoms with Gasteiger partial charge in [0.2, 0.25) is 0 Å². The Hall–Kier alpha value is -1.32. The molecule has 4 aliphatic rings. The van der Waals surface area contributed by atoms with Crippen molar-refractivity contribution in [3.63, 3.8) is 0 Å². The topological polar surface area (TPSA) is 52.6 Å². The number of carbonyl (C=O) groups is 2. The van der Waals surface area contributed by atoms with Gasteiger partial charge in [0, 0.05) is 18.9 Å². The van der Waals surface area contributed by atoms with Crippen LogP contribution in [-0.2, 0) is 19.1 Å². The molecule has 1 heterocycles. The zero-order valence-electron chi connectivity index (χ0n) is 21.8. The lowest BCUT2D eigenvalue weighted by molar-refractivity contribution is -0.152. The van der Waals surface area contributed by atoms with E-state index in [2.05, 4.69) is 34.6 Å². The van der Waals surface area contributed by atoms with Gasteiger partial charge in [-0.2, -0.15) is 0 Å². The number of esters is 2. The summed E-state index contributed by atoms with van der Waals surface area (Å²) >= 11 is 0. The number of ether oxygens (including phenoxy) is 2. The van der Waals surface area contributed by atoms with E-state index in [1.165, 1.54) is 51.9 Å². The summed E-state index contributed by atoms with van der Waals surface area (Å²) in [6.45, 7) is 13.6. The highest BCUT2D eigenvalue weighted by atomic mass is 16.5. The molecular weight excluding hydrogens is 412 g/mol. The van der Waals surface area contributed by atoms with Crippen LogP contribution in [0, 0.1) is 46.3 Å². The van der Waals surface area contributed by atoms with Crippen molar-refractivity contribution in [3.05, 3.63) is 11.8 Å². The minimum atomic E-state index is -0.260. The van der Waals surface area contributed by atoms with Gasteiger partial charge in [-0.25, -0.2) is 0 Å². The Labute approximate surface area is 201 Å². The summed E-state index contributed by atoms with van der Waals surface area (Å²) in [5.41, 5.74) is 1.30. The van der Waals surface area contributed by atoms with E-state index in [4.69, 9.17) is 9.47 Å². The highest BCUT2D eigenvalue weighted by Gasteiger charge is 2.61. The van der Waals surface area contributed by atoms with Crippen LogP contribution in [0.5, 0.6) is 0 Å². The van der Waals surface area contributed by atoms with Gasteiger partial charge in [0.25, 0.3) is 0 Å². The third kappa shape index (κ3) is 4.52. The fraction of sp³-hybridized carbons (Fsp3) is 0.862. The first-order chi connectivity index (χ1) is 15.6. The third-order valence-corrected chi connectivity index (χ3v) is 10.4. The van der Waals surface area contributed by atoms with Crippen LogP contribution in [-0.4, -0.2) is 18.0 Å². The van der Waals surface area contributed by atoms with Crippen LogP contribution in [0.4, 0.5) is 0 Å². The van der Waals surface area contributed by atoms with Gasteiger partial charge in [-0.05, 0) is 84.9 Å². The summed E-state index contributed by atoms with van der Waals surface area (Å²) in [5.74, 6) is 3.75. The number of fused-ring (bicyclic) bond motifs is 5. The van der Waals surface area contributed by atoms with Crippen molar-refractivity contribution >= 4 is 11.9 Å². The molecule has 0 aromatic heterocycles. The van der Waals surface area contributed by atoms with E-state index < -0.39 is 0 Å². The molecule has 0 unspecified atom stereocenters. The number of hydrogen-bond acceptors (Lipinski definition) is 4. The summed E-state index contributed by atoms with van der Waals surface area (Å²) in [6, 6.07) is 0. The van der Waals surface area contributed by atoms with Crippen LogP contribution in [0.1, 0.15) is 106 Å². The molecule has 0 bridgehead atoms. The summed E-state index contributed by atoms with van der Waals surface area (Å²) in [6.07, 6.45) is 12.7. The average molecular weight is 459 g/mol. The Kier molecular flexibility index (Phi) is 7.05. The van der Waals surface area contributed by atoms with Crippen molar-refractivity contribution in [3.8, 4) is 0 Å². The molecule has 3 aliphatic carbocycles. The predicted molar refractivity (Wildman–Crippen MR) is 130 cm³/mol. The SMILES string of the molecule is CC(=O)O[C@H]1C[C@H]2[C@@H]3CC[C@H]([C@H](C)CCCC(C)C)[C@@]3(C)CC[C@@H]2[C@@]2(C)CCC(=O)OC=C12. The standard InChI is InChI=1S/C29H46O4/c1-18(2)8-7-9-19(3)22-10-11-23-21-16-26(33-20(4)30)25-17-32-27(31)13-15-29(25,6)24(21)12-14-28(22,23)5/h17-19,21-24,26H,7-16H2,1-6H3/t19-,21+,22-,23+,24+,26+,28-,29-/m1/s1. The lowest BCUT2D eigenvalue weighted by Gasteiger charge is -2.58. The second-order valence-corrected chi connectivity index (χ2v) is 12.7. The summed E-state index contributed by atoms with van der Waals surface area (Å²) in [4.78, 5) is 24.2. The van der Waals surface area contributed by atoms with Crippen molar-refractivity contribution in [2.45, 2.75) is 112 Å². The van der Waals surface area contributed by atoms with Gasteiger partial charge in [0.15, 0.2) is 0 Å². The Morgan fingerprint density at radius 3 is 2.58 bits per heavy atom. The van der Waals surface area contributed by atoms with Crippen LogP contribution in [0.3, 0.4) is 0 Å². The number of rotatable bonds is 6. The second-order valence-electron chi connectivity index (χ2n) is 12.7. The molecule has 0 amide bonds. The van der Waals surface area contributed by atoms with Gasteiger partial charge >= 0.3 is 11.9 Å². The first-order valence-corrected chi connectivity index (χ1v) is 13.6. The zero-order chi connectivity index (χ0) is 24.0. The molecular formula is C29H46O4. The highest BCUT2D eigenvalue weighted by Crippen LogP contribution is 2.67. The monoisotopic (exact) mass is 458 g/mol. The highest BCUT2D eigenvalue weighted by molar-refractivity contribution is 5.71. The molecule has 0 radical (unpaired) electrons. The van der Waals surface area contributed by atoms with Crippen LogP contribution in [0.15, 0.2) is 11.8 Å². The zero-order valence-corrected chi connectivity index (χ0v) is 21.8. The minimum Gasteiger partial charge on any atom is -0.458 e. The summed E-state index contributed by atoms with van der Waals surface area (Å²) in [5, 5.41) is 0. The van der Waals surface area contributed by atoms with Crippen LogP contribution in [0.2, 0.25) is 0 Å². The van der Waals surface area contributed by atoms with E-state index >= 15 is 0 Å². The summed E-state index contributed by atoms with van der Waals surface area (Å²) < 4.78 is 11.3. The first-order valence-electron chi connectivity index (χ1n) is 13.6. The molecule has 186 valence electrons. The normalized spacial score (nSPS) is 41.2. The van der Waals surface area contributed by atoms with Crippen LogP contribution in [0.25, 0.3) is 0 Å². The minimum absolute atomic E-state index is 0.127. The van der Waals surface area contributed by atoms with Gasteiger partial charge < -0.3 is 9.47 Å². The van der Waals surface area contributed by atoms with Gasteiger partial charge in [0.1, 0.15) is 6.10 Å². The first kappa shape index (κ1) is 24.8. The van der Waals surface area contributed by atoms with Crippen LogP contribution < -0.4 is 0 Å². The lowest BCUT2D eigenvalue weighted by Crippen LogP contribution is -2.53. The van der Waals surface area contributed by atoms with Gasteiger partial charge in [-0.15, -0.1) is 0 Å². The molecule has 4 nitrogen and oxygen atoms in total. The Morgan fingerprint density at radius 1 is 1.12 bits per heavy atom. The Bertz CT molecular complexity index is 784. The van der Waals surface area contributed by atoms with Crippen molar-refractivity contribution in [2.75, 3.05) is 0 Å². The van der Waals surface area contributed by atoms with E-state index in [9.17, 15) is 9.59 Å². The maximum Gasteiger partial charge on any atom is 0.310 e. The van der Waals surface area contributed by atoms with Crippen molar-refractivity contribution in [1.82, 2.24) is 0 Å². The fourth-order valence-electron chi connectivity index (χ4n) is 8.79. The van der Waals surface area contributed by atoms with E-state index in [0.29, 0.717) is 29.6 Å². The molecule has 0 N–H and O–H groups in total. The van der Waals surface area contributed by atoms with E-state index in [1.54, 1.807) is 6.26 Å². The average Bonchev–Trinajstić information content (AvgIpc) is 3.00. The van der Waals surface area contributed by atoms with Crippen molar-refractivity contribution in [2.24, 2.45) is 46.3 Å². The van der Waals surface area contributed by atoms with Gasteiger partial charge in [0.05, 0.1) is 6.26 Å². The molecule has 3 saturated carbocycles. The molecule has 4 heteroatoms. The van der Waals surface area contributed by atoms with E-state index in [1.807, 2.05) is 0 Å². The van der Waals surface area contributed by atoms with E-state index in [0.717, 1.165) is 36.2 Å². The number of cyclic esters (lactones) is 1. The molecule has 3 fully saturated rings. The third-order valence-electron chi connectivity index (χ3n) is 10.4. The lowest BCUT2D eigenvalue weighted by atomic mass is 9.46. The maximum absolute atomic E-state index is 12.2. The predicted octanol–water partition coefficient (Wildman–Crippen LogP) is 7.07. The second kappa shape index (κ2) is 9.38. The fourth-order valence-corrected chi connectivity index (χ4v) is 8.79. The molecule has 1 aliphatic heterocycles. The molecule has 0 saturated heterocycles. The molecule has 0 aromatic carbocycles. The smallest absolute Gasteiger partial charge is 0.310 e. The molecule has 8 atom stereocenters. The van der Waals surface area contributed by atoms with Gasteiger partial charge in [-0.1, -0.05) is 53.9 Å². The molecule has 0 aromatic rings. The Balaban J connectivity index is 1.59. The number of hydrogen-bond donors (Lipinski definition) is 0.